The Labute approximate surface area is 154 Å². The highest BCUT2D eigenvalue weighted by atomic mass is 16.5. The molecular weight excluding hydrogens is 328 g/mol. The minimum absolute atomic E-state index is 0.0107. The lowest BCUT2D eigenvalue weighted by Gasteiger charge is -2.32. The van der Waals surface area contributed by atoms with E-state index in [0.29, 0.717) is 30.1 Å². The number of para-hydroxylation sites is 2. The summed E-state index contributed by atoms with van der Waals surface area (Å²) in [4.78, 5) is 27.2. The molecule has 1 heterocycles. The fourth-order valence-corrected chi connectivity index (χ4v) is 3.32. The van der Waals surface area contributed by atoms with Gasteiger partial charge in [-0.15, -0.1) is 0 Å². The van der Waals surface area contributed by atoms with Crippen molar-refractivity contribution in [3.63, 3.8) is 0 Å². The molecule has 1 N–H and O–H groups in total. The highest BCUT2D eigenvalue weighted by Gasteiger charge is 2.29. The normalized spacial score (nSPS) is 16.8. The molecule has 1 aliphatic heterocycles. The van der Waals surface area contributed by atoms with Crippen molar-refractivity contribution in [3.05, 3.63) is 59.7 Å². The molecule has 26 heavy (non-hydrogen) atoms. The molecule has 2 amide bonds. The molecule has 2 aromatic rings. The Bertz CT molecular complexity index is 803. The Morgan fingerprint density at radius 2 is 1.96 bits per heavy atom. The molecule has 0 aliphatic carbocycles. The number of rotatable bonds is 4. The SMILES string of the molecule is COc1ccccc1NC(=O)C1CCCN(C(=O)c2cccc(C)c2)C1. The van der Waals surface area contributed by atoms with E-state index in [-0.39, 0.29) is 17.7 Å². The highest BCUT2D eigenvalue weighted by molar-refractivity contribution is 5.97. The predicted molar refractivity (Wildman–Crippen MR) is 101 cm³/mol. The largest absolute Gasteiger partial charge is 0.495 e. The number of amides is 2. The van der Waals surface area contributed by atoms with Crippen LogP contribution in [0.1, 0.15) is 28.8 Å². The molecule has 136 valence electrons. The molecule has 1 fully saturated rings. The fourth-order valence-electron chi connectivity index (χ4n) is 3.32. The molecule has 0 radical (unpaired) electrons. The van der Waals surface area contributed by atoms with Crippen LogP contribution in [-0.4, -0.2) is 36.9 Å². The molecule has 1 saturated heterocycles. The van der Waals surface area contributed by atoms with Crippen molar-refractivity contribution in [2.45, 2.75) is 19.8 Å². The third-order valence-electron chi connectivity index (χ3n) is 4.71. The van der Waals surface area contributed by atoms with E-state index in [4.69, 9.17) is 4.74 Å². The number of methoxy groups -OCH3 is 1. The van der Waals surface area contributed by atoms with Crippen molar-refractivity contribution in [2.24, 2.45) is 5.92 Å². The molecule has 0 spiro atoms. The van der Waals surface area contributed by atoms with E-state index in [9.17, 15) is 9.59 Å². The summed E-state index contributed by atoms with van der Waals surface area (Å²) < 4.78 is 5.28. The Balaban J connectivity index is 1.68. The van der Waals surface area contributed by atoms with Crippen LogP contribution >= 0.6 is 0 Å². The average molecular weight is 352 g/mol. The number of ether oxygens (including phenoxy) is 1. The smallest absolute Gasteiger partial charge is 0.253 e. The first-order valence-electron chi connectivity index (χ1n) is 8.88. The molecule has 0 aromatic heterocycles. The minimum Gasteiger partial charge on any atom is -0.495 e. The van der Waals surface area contributed by atoms with Gasteiger partial charge in [0.2, 0.25) is 5.91 Å². The Morgan fingerprint density at radius 3 is 2.73 bits per heavy atom. The van der Waals surface area contributed by atoms with Gasteiger partial charge in [0, 0.05) is 18.7 Å². The number of carbonyl (C=O) groups is 2. The number of carbonyl (C=O) groups excluding carboxylic acids is 2. The summed E-state index contributed by atoms with van der Waals surface area (Å²) in [5.41, 5.74) is 2.39. The van der Waals surface area contributed by atoms with Crippen molar-refractivity contribution < 1.29 is 14.3 Å². The molecular formula is C21H24N2O3. The van der Waals surface area contributed by atoms with Crippen LogP contribution in [0.25, 0.3) is 0 Å². The number of likely N-dealkylation sites (tertiary alicyclic amines) is 1. The van der Waals surface area contributed by atoms with Crippen LogP contribution in [0.15, 0.2) is 48.5 Å². The lowest BCUT2D eigenvalue weighted by molar-refractivity contribution is -0.121. The number of anilines is 1. The molecule has 5 heteroatoms. The maximum atomic E-state index is 12.8. The van der Waals surface area contributed by atoms with Crippen molar-refractivity contribution >= 4 is 17.5 Å². The Morgan fingerprint density at radius 1 is 1.15 bits per heavy atom. The quantitative estimate of drug-likeness (QED) is 0.916. The maximum Gasteiger partial charge on any atom is 0.253 e. The fraction of sp³-hybridized carbons (Fsp3) is 0.333. The average Bonchev–Trinajstić information content (AvgIpc) is 2.68. The second-order valence-corrected chi connectivity index (χ2v) is 6.65. The number of hydrogen-bond acceptors (Lipinski definition) is 3. The third-order valence-corrected chi connectivity index (χ3v) is 4.71. The van der Waals surface area contributed by atoms with Crippen LogP contribution in [0.2, 0.25) is 0 Å². The van der Waals surface area contributed by atoms with Gasteiger partial charge in [-0.25, -0.2) is 0 Å². The minimum atomic E-state index is -0.220. The Hall–Kier alpha value is -2.82. The lowest BCUT2D eigenvalue weighted by Crippen LogP contribution is -2.43. The first kappa shape index (κ1) is 18.0. The van der Waals surface area contributed by atoms with Crippen molar-refractivity contribution in [2.75, 3.05) is 25.5 Å². The van der Waals surface area contributed by atoms with Gasteiger partial charge in [0.25, 0.3) is 5.91 Å². The predicted octanol–water partition coefficient (Wildman–Crippen LogP) is 3.49. The molecule has 1 aliphatic rings. The zero-order chi connectivity index (χ0) is 18.5. The van der Waals surface area contributed by atoms with Gasteiger partial charge in [-0.05, 0) is 44.0 Å². The molecule has 1 atom stereocenters. The van der Waals surface area contributed by atoms with Gasteiger partial charge in [-0.1, -0.05) is 29.8 Å². The van der Waals surface area contributed by atoms with Crippen LogP contribution < -0.4 is 10.1 Å². The first-order valence-corrected chi connectivity index (χ1v) is 8.88. The van der Waals surface area contributed by atoms with Crippen LogP contribution in [0, 0.1) is 12.8 Å². The molecule has 3 rings (SSSR count). The zero-order valence-corrected chi connectivity index (χ0v) is 15.2. The van der Waals surface area contributed by atoms with Crippen molar-refractivity contribution in [1.29, 1.82) is 0 Å². The molecule has 1 unspecified atom stereocenters. The van der Waals surface area contributed by atoms with Crippen LogP contribution in [0.3, 0.4) is 0 Å². The summed E-state index contributed by atoms with van der Waals surface area (Å²) >= 11 is 0. The van der Waals surface area contributed by atoms with E-state index in [1.54, 1.807) is 12.0 Å². The van der Waals surface area contributed by atoms with Gasteiger partial charge in [0.05, 0.1) is 18.7 Å². The van der Waals surface area contributed by atoms with E-state index in [2.05, 4.69) is 5.32 Å². The summed E-state index contributed by atoms with van der Waals surface area (Å²) in [6.07, 6.45) is 1.60. The zero-order valence-electron chi connectivity index (χ0n) is 15.2. The monoisotopic (exact) mass is 352 g/mol. The van der Waals surface area contributed by atoms with E-state index in [0.717, 1.165) is 18.4 Å². The van der Waals surface area contributed by atoms with Crippen LogP contribution in [0.4, 0.5) is 5.69 Å². The molecule has 2 aromatic carbocycles. The Kier molecular flexibility index (Phi) is 5.56. The number of benzene rings is 2. The second-order valence-electron chi connectivity index (χ2n) is 6.65. The van der Waals surface area contributed by atoms with Crippen molar-refractivity contribution in [3.8, 4) is 5.75 Å². The van der Waals surface area contributed by atoms with Gasteiger partial charge in [0.15, 0.2) is 0 Å². The summed E-state index contributed by atoms with van der Waals surface area (Å²) in [6, 6.07) is 14.9. The second kappa shape index (κ2) is 8.04. The number of nitrogens with one attached hydrogen (secondary N) is 1. The number of nitrogens with zero attached hydrogens (tertiary/aromatic N) is 1. The summed E-state index contributed by atoms with van der Waals surface area (Å²) in [5, 5.41) is 2.94. The standard InChI is InChI=1S/C21H24N2O3/c1-15-7-5-8-16(13-15)21(25)23-12-6-9-17(14-23)20(24)22-18-10-3-4-11-19(18)26-2/h3-5,7-8,10-11,13,17H,6,9,12,14H2,1-2H3,(H,22,24). The molecule has 0 saturated carbocycles. The van der Waals surface area contributed by atoms with Crippen LogP contribution in [0.5, 0.6) is 5.75 Å². The molecule has 5 nitrogen and oxygen atoms in total. The lowest BCUT2D eigenvalue weighted by atomic mass is 9.96. The van der Waals surface area contributed by atoms with Gasteiger partial charge in [0.1, 0.15) is 5.75 Å². The summed E-state index contributed by atoms with van der Waals surface area (Å²) in [7, 11) is 1.58. The summed E-state index contributed by atoms with van der Waals surface area (Å²) in [5.74, 6) is 0.325. The van der Waals surface area contributed by atoms with Crippen molar-refractivity contribution in [1.82, 2.24) is 4.90 Å². The number of hydrogen-bond donors (Lipinski definition) is 1. The maximum absolute atomic E-state index is 12.8. The third kappa shape index (κ3) is 4.04. The van der Waals surface area contributed by atoms with E-state index < -0.39 is 0 Å². The molecule has 0 bridgehead atoms. The number of piperidine rings is 1. The summed E-state index contributed by atoms with van der Waals surface area (Å²) in [6.45, 7) is 3.09. The van der Waals surface area contributed by atoms with E-state index in [1.165, 1.54) is 0 Å². The van der Waals surface area contributed by atoms with E-state index in [1.807, 2.05) is 55.5 Å². The highest BCUT2D eigenvalue weighted by Crippen LogP contribution is 2.26. The van der Waals surface area contributed by atoms with Gasteiger partial charge in [-0.3, -0.25) is 9.59 Å². The van der Waals surface area contributed by atoms with Crippen LogP contribution in [-0.2, 0) is 4.79 Å². The topological polar surface area (TPSA) is 58.6 Å². The first-order chi connectivity index (χ1) is 12.6. The van der Waals surface area contributed by atoms with E-state index >= 15 is 0 Å². The van der Waals surface area contributed by atoms with Gasteiger partial charge < -0.3 is 15.0 Å². The number of aryl methyl sites for hydroxylation is 1. The van der Waals surface area contributed by atoms with Gasteiger partial charge in [-0.2, -0.15) is 0 Å². The van der Waals surface area contributed by atoms with Gasteiger partial charge >= 0.3 is 0 Å².